The second kappa shape index (κ2) is 7.50. The Morgan fingerprint density at radius 1 is 1.29 bits per heavy atom. The number of benzene rings is 1. The van der Waals surface area contributed by atoms with E-state index in [1.165, 1.54) is 6.08 Å². The Kier molecular flexibility index (Phi) is 5.40. The predicted molar refractivity (Wildman–Crippen MR) is 84.7 cm³/mol. The lowest BCUT2D eigenvalue weighted by atomic mass is 10.1. The zero-order valence-corrected chi connectivity index (χ0v) is 12.8. The molecule has 1 heterocycles. The number of thiophene rings is 1. The third-order valence-corrected chi connectivity index (χ3v) is 3.75. The molecule has 0 atom stereocenters. The molecule has 1 N–H and O–H groups in total. The topological polar surface area (TPSA) is 47.6 Å². The Bertz CT molecular complexity index is 620. The Hall–Kier alpha value is -2.27. The highest BCUT2D eigenvalue weighted by atomic mass is 32.1. The average molecular weight is 303 g/mol. The van der Waals surface area contributed by atoms with Crippen molar-refractivity contribution in [3.05, 3.63) is 52.2 Å². The summed E-state index contributed by atoms with van der Waals surface area (Å²) in [6, 6.07) is 9.40. The molecule has 0 saturated heterocycles. The summed E-state index contributed by atoms with van der Waals surface area (Å²) in [5.41, 5.74) is 0.824. The van der Waals surface area contributed by atoms with Crippen LogP contribution in [0.5, 0.6) is 11.5 Å². The first kappa shape index (κ1) is 15.1. The van der Waals surface area contributed by atoms with E-state index in [9.17, 15) is 4.79 Å². The zero-order chi connectivity index (χ0) is 15.1. The lowest BCUT2D eigenvalue weighted by Gasteiger charge is -2.07. The number of nitrogens with one attached hydrogen (secondary N) is 1. The highest BCUT2D eigenvalue weighted by molar-refractivity contribution is 7.09. The Morgan fingerprint density at radius 3 is 2.81 bits per heavy atom. The van der Waals surface area contributed by atoms with Crippen LogP contribution in [0, 0.1) is 0 Å². The first-order valence-corrected chi connectivity index (χ1v) is 7.31. The normalized spacial score (nSPS) is 10.6. The van der Waals surface area contributed by atoms with E-state index < -0.39 is 0 Å². The van der Waals surface area contributed by atoms with Crippen molar-refractivity contribution in [3.63, 3.8) is 0 Å². The molecule has 21 heavy (non-hydrogen) atoms. The first-order valence-electron chi connectivity index (χ1n) is 6.43. The van der Waals surface area contributed by atoms with Crippen molar-refractivity contribution in [3.8, 4) is 11.5 Å². The van der Waals surface area contributed by atoms with Gasteiger partial charge in [0.05, 0.1) is 20.8 Å². The zero-order valence-electron chi connectivity index (χ0n) is 12.0. The van der Waals surface area contributed by atoms with Crippen molar-refractivity contribution in [1.82, 2.24) is 5.32 Å². The maximum atomic E-state index is 11.8. The molecule has 0 spiro atoms. The second-order valence-corrected chi connectivity index (χ2v) is 5.27. The number of amides is 1. The fraction of sp³-hybridized carbons (Fsp3) is 0.188. The van der Waals surface area contributed by atoms with Gasteiger partial charge in [-0.15, -0.1) is 11.3 Å². The van der Waals surface area contributed by atoms with Crippen LogP contribution in [0.4, 0.5) is 0 Å². The van der Waals surface area contributed by atoms with Crippen LogP contribution in [0.2, 0.25) is 0 Å². The summed E-state index contributed by atoms with van der Waals surface area (Å²) in [6.07, 6.45) is 3.22. The Labute approximate surface area is 128 Å². The molecule has 0 aliphatic heterocycles. The highest BCUT2D eigenvalue weighted by Gasteiger charge is 2.03. The molecule has 2 rings (SSSR count). The number of methoxy groups -OCH3 is 2. The predicted octanol–water partition coefficient (Wildman–Crippen LogP) is 3.09. The van der Waals surface area contributed by atoms with Crippen molar-refractivity contribution in [2.24, 2.45) is 0 Å². The molecule has 0 aliphatic rings. The van der Waals surface area contributed by atoms with E-state index in [1.807, 2.05) is 29.6 Å². The standard InChI is InChI=1S/C16H17NO3S/c1-19-13-7-5-12(15(10-13)20-2)6-8-16(18)17-11-14-4-3-9-21-14/h3-10H,11H2,1-2H3,(H,17,18)/b8-6+. The number of carbonyl (C=O) groups is 1. The van der Waals surface area contributed by atoms with Crippen molar-refractivity contribution in [1.29, 1.82) is 0 Å². The van der Waals surface area contributed by atoms with Gasteiger partial charge in [-0.1, -0.05) is 6.07 Å². The molecule has 1 amide bonds. The fourth-order valence-corrected chi connectivity index (χ4v) is 2.41. The van der Waals surface area contributed by atoms with Gasteiger partial charge in [0, 0.05) is 22.6 Å². The van der Waals surface area contributed by atoms with E-state index in [1.54, 1.807) is 37.7 Å². The van der Waals surface area contributed by atoms with Crippen LogP contribution >= 0.6 is 11.3 Å². The molecular weight excluding hydrogens is 286 g/mol. The molecule has 4 nitrogen and oxygen atoms in total. The monoisotopic (exact) mass is 303 g/mol. The van der Waals surface area contributed by atoms with Gasteiger partial charge in [-0.25, -0.2) is 0 Å². The van der Waals surface area contributed by atoms with Crippen LogP contribution in [0.15, 0.2) is 41.8 Å². The minimum Gasteiger partial charge on any atom is -0.497 e. The largest absolute Gasteiger partial charge is 0.497 e. The Morgan fingerprint density at radius 2 is 2.14 bits per heavy atom. The fourth-order valence-electron chi connectivity index (χ4n) is 1.77. The molecular formula is C16H17NO3S. The van der Waals surface area contributed by atoms with Crippen LogP contribution in [-0.2, 0) is 11.3 Å². The third kappa shape index (κ3) is 4.36. The summed E-state index contributed by atoms with van der Waals surface area (Å²) in [4.78, 5) is 12.9. The van der Waals surface area contributed by atoms with Gasteiger partial charge in [0.15, 0.2) is 0 Å². The SMILES string of the molecule is COc1ccc(/C=C/C(=O)NCc2cccs2)c(OC)c1. The lowest BCUT2D eigenvalue weighted by Crippen LogP contribution is -2.19. The van der Waals surface area contributed by atoms with Crippen molar-refractivity contribution >= 4 is 23.3 Å². The van der Waals surface area contributed by atoms with E-state index >= 15 is 0 Å². The van der Waals surface area contributed by atoms with E-state index in [0.717, 1.165) is 10.4 Å². The van der Waals surface area contributed by atoms with Crippen LogP contribution in [0.1, 0.15) is 10.4 Å². The highest BCUT2D eigenvalue weighted by Crippen LogP contribution is 2.25. The minimum absolute atomic E-state index is 0.138. The molecule has 0 unspecified atom stereocenters. The molecule has 5 heteroatoms. The van der Waals surface area contributed by atoms with Crippen LogP contribution < -0.4 is 14.8 Å². The average Bonchev–Trinajstić information content (AvgIpc) is 3.04. The summed E-state index contributed by atoms with van der Waals surface area (Å²) in [7, 11) is 3.19. The molecule has 0 aliphatic carbocycles. The maximum Gasteiger partial charge on any atom is 0.244 e. The summed E-state index contributed by atoms with van der Waals surface area (Å²) in [5.74, 6) is 1.24. The molecule has 1 aromatic heterocycles. The van der Waals surface area contributed by atoms with E-state index in [-0.39, 0.29) is 5.91 Å². The van der Waals surface area contributed by atoms with Gasteiger partial charge in [0.2, 0.25) is 5.91 Å². The van der Waals surface area contributed by atoms with Gasteiger partial charge >= 0.3 is 0 Å². The van der Waals surface area contributed by atoms with Gasteiger partial charge in [0.1, 0.15) is 11.5 Å². The van der Waals surface area contributed by atoms with Crippen LogP contribution in [0.25, 0.3) is 6.08 Å². The molecule has 2 aromatic rings. The van der Waals surface area contributed by atoms with E-state index in [4.69, 9.17) is 9.47 Å². The van der Waals surface area contributed by atoms with E-state index in [0.29, 0.717) is 18.0 Å². The van der Waals surface area contributed by atoms with Gasteiger partial charge in [-0.05, 0) is 29.7 Å². The molecule has 0 bridgehead atoms. The molecule has 0 radical (unpaired) electrons. The molecule has 0 saturated carbocycles. The van der Waals surface area contributed by atoms with Crippen molar-refractivity contribution < 1.29 is 14.3 Å². The van der Waals surface area contributed by atoms with Gasteiger partial charge < -0.3 is 14.8 Å². The molecule has 1 aromatic carbocycles. The van der Waals surface area contributed by atoms with Crippen LogP contribution in [-0.4, -0.2) is 20.1 Å². The van der Waals surface area contributed by atoms with Crippen molar-refractivity contribution in [2.45, 2.75) is 6.54 Å². The summed E-state index contributed by atoms with van der Waals surface area (Å²) >= 11 is 1.62. The van der Waals surface area contributed by atoms with E-state index in [2.05, 4.69) is 5.32 Å². The molecule has 110 valence electrons. The Balaban J connectivity index is 1.98. The number of hydrogen-bond donors (Lipinski definition) is 1. The summed E-state index contributed by atoms with van der Waals surface area (Å²) in [6.45, 7) is 0.542. The second-order valence-electron chi connectivity index (χ2n) is 4.24. The first-order chi connectivity index (χ1) is 10.2. The van der Waals surface area contributed by atoms with Gasteiger partial charge in [-0.2, -0.15) is 0 Å². The number of hydrogen-bond acceptors (Lipinski definition) is 4. The van der Waals surface area contributed by atoms with Crippen molar-refractivity contribution in [2.75, 3.05) is 14.2 Å². The summed E-state index contributed by atoms with van der Waals surface area (Å²) in [5, 5.41) is 4.82. The third-order valence-electron chi connectivity index (χ3n) is 2.87. The maximum absolute atomic E-state index is 11.8. The number of ether oxygens (including phenoxy) is 2. The van der Waals surface area contributed by atoms with Crippen LogP contribution in [0.3, 0.4) is 0 Å². The number of carbonyl (C=O) groups excluding carboxylic acids is 1. The van der Waals surface area contributed by atoms with Gasteiger partial charge in [0.25, 0.3) is 0 Å². The summed E-state index contributed by atoms with van der Waals surface area (Å²) < 4.78 is 10.4. The number of rotatable bonds is 6. The quantitative estimate of drug-likeness (QED) is 0.834. The van der Waals surface area contributed by atoms with Gasteiger partial charge in [-0.3, -0.25) is 4.79 Å². The lowest BCUT2D eigenvalue weighted by molar-refractivity contribution is -0.116. The molecule has 0 fully saturated rings. The minimum atomic E-state index is -0.138. The smallest absolute Gasteiger partial charge is 0.244 e.